The van der Waals surface area contributed by atoms with Crippen molar-refractivity contribution in [3.63, 3.8) is 0 Å². The van der Waals surface area contributed by atoms with Gasteiger partial charge in [0.15, 0.2) is 0 Å². The highest BCUT2D eigenvalue weighted by Crippen LogP contribution is 2.46. The minimum Gasteiger partial charge on any atom is -0.309 e. The number of rotatable bonds is 3. The maximum Gasteiger partial charge on any atom is 0.0640 e. The van der Waals surface area contributed by atoms with E-state index in [9.17, 15) is 0 Å². The van der Waals surface area contributed by atoms with Crippen LogP contribution in [0.4, 0.5) is 17.1 Å². The SMILES string of the molecule is CC(C)(C)c1ccc(N(c2ccc(C(C)(C)C)cc2)c2cccc3c2sc2c(Br)cccc23)cc1. The minimum atomic E-state index is 0.121. The third-order valence-corrected chi connectivity index (χ3v) is 8.88. The molecule has 0 aliphatic carbocycles. The summed E-state index contributed by atoms with van der Waals surface area (Å²) in [5.41, 5.74) is 6.48. The van der Waals surface area contributed by atoms with E-state index in [2.05, 4.69) is 147 Å². The molecule has 0 fully saturated rings. The number of benzene rings is 4. The zero-order valence-corrected chi connectivity index (χ0v) is 23.7. The van der Waals surface area contributed by atoms with Gasteiger partial charge < -0.3 is 4.90 Å². The smallest absolute Gasteiger partial charge is 0.0640 e. The van der Waals surface area contributed by atoms with Gasteiger partial charge in [0.25, 0.3) is 0 Å². The number of hydrogen-bond acceptors (Lipinski definition) is 2. The summed E-state index contributed by atoms with van der Waals surface area (Å²) in [6.45, 7) is 13.6. The van der Waals surface area contributed by atoms with Crippen LogP contribution in [0.15, 0.2) is 89.4 Å². The van der Waals surface area contributed by atoms with Crippen molar-refractivity contribution in [3.05, 3.63) is 101 Å². The van der Waals surface area contributed by atoms with Gasteiger partial charge in [-0.25, -0.2) is 0 Å². The van der Waals surface area contributed by atoms with E-state index < -0.39 is 0 Å². The Morgan fingerprint density at radius 1 is 0.571 bits per heavy atom. The second-order valence-electron chi connectivity index (χ2n) is 11.3. The van der Waals surface area contributed by atoms with E-state index in [-0.39, 0.29) is 10.8 Å². The van der Waals surface area contributed by atoms with Crippen molar-refractivity contribution >= 4 is 64.5 Å². The van der Waals surface area contributed by atoms with Crippen LogP contribution in [0.2, 0.25) is 0 Å². The molecule has 0 spiro atoms. The summed E-state index contributed by atoms with van der Waals surface area (Å²) in [4.78, 5) is 2.41. The average molecular weight is 543 g/mol. The maximum absolute atomic E-state index is 3.78. The van der Waals surface area contributed by atoms with Crippen LogP contribution in [0.1, 0.15) is 52.7 Å². The zero-order chi connectivity index (χ0) is 25.0. The van der Waals surface area contributed by atoms with Crippen LogP contribution in [0.3, 0.4) is 0 Å². The summed E-state index contributed by atoms with van der Waals surface area (Å²) in [6, 6.07) is 31.3. The van der Waals surface area contributed by atoms with E-state index in [1.54, 1.807) is 0 Å². The summed E-state index contributed by atoms with van der Waals surface area (Å²) < 4.78 is 3.74. The molecule has 5 aromatic rings. The Bertz CT molecular complexity index is 1440. The second kappa shape index (κ2) is 8.80. The lowest BCUT2D eigenvalue weighted by Crippen LogP contribution is -2.14. The molecule has 1 aromatic heterocycles. The molecule has 0 aliphatic rings. The lowest BCUT2D eigenvalue weighted by atomic mass is 9.86. The monoisotopic (exact) mass is 541 g/mol. The van der Waals surface area contributed by atoms with Gasteiger partial charge >= 0.3 is 0 Å². The van der Waals surface area contributed by atoms with Crippen molar-refractivity contribution in [2.45, 2.75) is 52.4 Å². The lowest BCUT2D eigenvalue weighted by Gasteiger charge is -2.28. The summed E-state index contributed by atoms with van der Waals surface area (Å²) in [7, 11) is 0. The standard InChI is InChI=1S/C32H32BrNS/c1-31(2,3)21-13-17-23(18-14-21)34(24-19-15-22(16-20-24)32(4,5)6)28-12-8-10-26-25-9-7-11-27(33)29(25)35-30(26)28/h7-20H,1-6H3. The van der Waals surface area contributed by atoms with Gasteiger partial charge in [0.1, 0.15) is 0 Å². The molecule has 1 heterocycles. The Morgan fingerprint density at radius 3 is 1.51 bits per heavy atom. The summed E-state index contributed by atoms with van der Waals surface area (Å²) >= 11 is 5.64. The van der Waals surface area contributed by atoms with Crippen molar-refractivity contribution in [2.75, 3.05) is 4.90 Å². The molecular weight excluding hydrogens is 510 g/mol. The summed E-state index contributed by atoms with van der Waals surface area (Å²) in [6.07, 6.45) is 0. The van der Waals surface area contributed by atoms with E-state index in [0.29, 0.717) is 0 Å². The van der Waals surface area contributed by atoms with Gasteiger partial charge in [-0.3, -0.25) is 0 Å². The van der Waals surface area contributed by atoms with Crippen LogP contribution in [0, 0.1) is 0 Å². The molecular formula is C32H32BrNS. The number of hydrogen-bond donors (Lipinski definition) is 0. The van der Waals surface area contributed by atoms with E-state index >= 15 is 0 Å². The Labute approximate surface area is 221 Å². The van der Waals surface area contributed by atoms with E-state index in [4.69, 9.17) is 0 Å². The first-order chi connectivity index (χ1) is 16.5. The molecule has 0 radical (unpaired) electrons. The maximum atomic E-state index is 3.78. The van der Waals surface area contributed by atoms with Crippen molar-refractivity contribution in [3.8, 4) is 0 Å². The number of anilines is 3. The van der Waals surface area contributed by atoms with Gasteiger partial charge in [-0.15, -0.1) is 11.3 Å². The number of fused-ring (bicyclic) bond motifs is 3. The molecule has 0 N–H and O–H groups in total. The highest BCUT2D eigenvalue weighted by molar-refractivity contribution is 9.10. The first-order valence-electron chi connectivity index (χ1n) is 12.1. The van der Waals surface area contributed by atoms with Gasteiger partial charge in [0, 0.05) is 31.3 Å². The predicted octanol–water partition coefficient (Wildman–Crippen LogP) is 10.9. The topological polar surface area (TPSA) is 3.24 Å². The van der Waals surface area contributed by atoms with E-state index in [1.807, 2.05) is 11.3 Å². The fraction of sp³-hybridized carbons (Fsp3) is 0.250. The third kappa shape index (κ3) is 4.52. The molecule has 0 saturated heterocycles. The molecule has 0 amide bonds. The van der Waals surface area contributed by atoms with E-state index in [0.717, 1.165) is 4.47 Å². The normalized spacial score (nSPS) is 12.4. The van der Waals surface area contributed by atoms with Crippen LogP contribution < -0.4 is 4.90 Å². The second-order valence-corrected chi connectivity index (χ2v) is 13.2. The van der Waals surface area contributed by atoms with Crippen LogP contribution in [-0.2, 0) is 10.8 Å². The molecule has 0 unspecified atom stereocenters. The van der Waals surface area contributed by atoms with E-state index in [1.165, 1.54) is 48.4 Å². The molecule has 35 heavy (non-hydrogen) atoms. The molecule has 0 bridgehead atoms. The Hall–Kier alpha value is -2.62. The molecule has 0 atom stereocenters. The largest absolute Gasteiger partial charge is 0.309 e. The quantitative estimate of drug-likeness (QED) is 0.219. The molecule has 0 saturated carbocycles. The Balaban J connectivity index is 1.74. The van der Waals surface area contributed by atoms with Gasteiger partial charge in [0.2, 0.25) is 0 Å². The first kappa shape index (κ1) is 24.1. The molecule has 178 valence electrons. The number of halogens is 1. The van der Waals surface area contributed by atoms with Gasteiger partial charge in [0.05, 0.1) is 10.4 Å². The summed E-state index contributed by atoms with van der Waals surface area (Å²) in [5.74, 6) is 0. The Morgan fingerprint density at radius 2 is 1.03 bits per heavy atom. The first-order valence-corrected chi connectivity index (χ1v) is 13.8. The molecule has 4 aromatic carbocycles. The predicted molar refractivity (Wildman–Crippen MR) is 159 cm³/mol. The van der Waals surface area contributed by atoms with Crippen molar-refractivity contribution < 1.29 is 0 Å². The van der Waals surface area contributed by atoms with Gasteiger partial charge in [-0.1, -0.05) is 90.1 Å². The Kier molecular flexibility index (Phi) is 6.05. The highest BCUT2D eigenvalue weighted by atomic mass is 79.9. The van der Waals surface area contributed by atoms with Crippen LogP contribution in [0.25, 0.3) is 20.2 Å². The zero-order valence-electron chi connectivity index (χ0n) is 21.3. The van der Waals surface area contributed by atoms with Crippen LogP contribution in [0.5, 0.6) is 0 Å². The molecule has 1 nitrogen and oxygen atoms in total. The lowest BCUT2D eigenvalue weighted by molar-refractivity contribution is 0.590. The summed E-state index contributed by atoms with van der Waals surface area (Å²) in [5, 5.41) is 2.60. The van der Waals surface area contributed by atoms with Gasteiger partial charge in [-0.05, 0) is 74.3 Å². The molecule has 0 aliphatic heterocycles. The fourth-order valence-electron chi connectivity index (χ4n) is 4.60. The van der Waals surface area contributed by atoms with Crippen LogP contribution in [-0.4, -0.2) is 0 Å². The molecule has 5 rings (SSSR count). The van der Waals surface area contributed by atoms with Crippen molar-refractivity contribution in [1.29, 1.82) is 0 Å². The number of nitrogens with zero attached hydrogens (tertiary/aromatic N) is 1. The minimum absolute atomic E-state index is 0.121. The number of thiophene rings is 1. The van der Waals surface area contributed by atoms with Gasteiger partial charge in [-0.2, -0.15) is 0 Å². The highest BCUT2D eigenvalue weighted by Gasteiger charge is 2.21. The average Bonchev–Trinajstić information content (AvgIpc) is 3.20. The fourth-order valence-corrected chi connectivity index (χ4v) is 6.41. The third-order valence-electron chi connectivity index (χ3n) is 6.68. The molecule has 3 heteroatoms. The van der Waals surface area contributed by atoms with Crippen molar-refractivity contribution in [1.82, 2.24) is 0 Å². The van der Waals surface area contributed by atoms with Crippen LogP contribution >= 0.6 is 27.3 Å². The van der Waals surface area contributed by atoms with Crippen molar-refractivity contribution in [2.24, 2.45) is 0 Å².